The monoisotopic (exact) mass is 234 g/mol. The number of hydrogen-bond donors (Lipinski definition) is 2. The maximum absolute atomic E-state index is 11.8. The van der Waals surface area contributed by atoms with Gasteiger partial charge in [-0.15, -0.1) is 11.6 Å². The Kier molecular flexibility index (Phi) is 1.74. The molecule has 4 nitrogen and oxygen atoms in total. The van der Waals surface area contributed by atoms with Gasteiger partial charge in [0.2, 0.25) is 11.5 Å². The molecule has 1 aliphatic carbocycles. The Hall–Kier alpha value is -1.68. The van der Waals surface area contributed by atoms with E-state index < -0.39 is 5.38 Å². The van der Waals surface area contributed by atoms with Crippen LogP contribution in [0.3, 0.4) is 0 Å². The Morgan fingerprint density at radius 2 is 2.31 bits per heavy atom. The van der Waals surface area contributed by atoms with Gasteiger partial charge in [0.15, 0.2) is 11.6 Å². The molecule has 2 aromatic heterocycles. The molecular formula is C11H9ClN3O+. The van der Waals surface area contributed by atoms with Crippen LogP contribution < -0.4 is 4.57 Å². The molecule has 0 bridgehead atoms. The number of carbonyl (C=O) groups is 1. The van der Waals surface area contributed by atoms with Gasteiger partial charge in [0.25, 0.3) is 0 Å². The normalized spacial score (nSPS) is 19.5. The van der Waals surface area contributed by atoms with E-state index >= 15 is 0 Å². The van der Waals surface area contributed by atoms with E-state index in [1.807, 2.05) is 23.9 Å². The van der Waals surface area contributed by atoms with Gasteiger partial charge in [-0.25, -0.2) is 4.57 Å². The van der Waals surface area contributed by atoms with Crippen LogP contribution in [0.1, 0.15) is 21.6 Å². The molecule has 16 heavy (non-hydrogen) atoms. The van der Waals surface area contributed by atoms with Crippen LogP contribution in [-0.4, -0.2) is 16.5 Å². The largest absolute Gasteiger partial charge is 0.357 e. The van der Waals surface area contributed by atoms with Crippen molar-refractivity contribution in [1.82, 2.24) is 4.98 Å². The molecule has 0 aliphatic heterocycles. The first-order valence-electron chi connectivity index (χ1n) is 4.88. The quantitative estimate of drug-likeness (QED) is 0.527. The van der Waals surface area contributed by atoms with E-state index in [0.717, 1.165) is 16.5 Å². The molecule has 1 unspecified atom stereocenters. The summed E-state index contributed by atoms with van der Waals surface area (Å²) >= 11 is 6.14. The van der Waals surface area contributed by atoms with Crippen LogP contribution >= 0.6 is 11.6 Å². The first kappa shape index (κ1) is 9.54. The molecule has 0 fully saturated rings. The predicted molar refractivity (Wildman–Crippen MR) is 60.1 cm³/mol. The first-order valence-corrected chi connectivity index (χ1v) is 5.31. The minimum atomic E-state index is -0.663. The van der Waals surface area contributed by atoms with Gasteiger partial charge < -0.3 is 4.98 Å². The Balaban J connectivity index is 2.54. The van der Waals surface area contributed by atoms with Crippen molar-refractivity contribution in [3.05, 3.63) is 29.8 Å². The Bertz CT molecular complexity index is 644. The molecule has 2 N–H and O–H groups in total. The van der Waals surface area contributed by atoms with Gasteiger partial charge >= 0.3 is 0 Å². The van der Waals surface area contributed by atoms with E-state index in [-0.39, 0.29) is 11.5 Å². The van der Waals surface area contributed by atoms with Crippen molar-refractivity contribution in [2.24, 2.45) is 7.05 Å². The Morgan fingerprint density at radius 3 is 3.06 bits per heavy atom. The third kappa shape index (κ3) is 0.971. The summed E-state index contributed by atoms with van der Waals surface area (Å²) in [5.74, 6) is -0.311. The highest BCUT2D eigenvalue weighted by molar-refractivity contribution is 6.57. The smallest absolute Gasteiger partial charge is 0.225 e. The Labute approximate surface area is 96.4 Å². The second kappa shape index (κ2) is 2.92. The number of nitrogens with one attached hydrogen (secondary N) is 2. The van der Waals surface area contributed by atoms with Crippen LogP contribution in [0.15, 0.2) is 18.5 Å². The summed E-state index contributed by atoms with van der Waals surface area (Å²) in [7, 11) is 1.87. The molecule has 5 heteroatoms. The Morgan fingerprint density at radius 1 is 1.56 bits per heavy atom. The molecule has 2 aromatic rings. The number of hydrogen-bond acceptors (Lipinski definition) is 2. The molecule has 0 aromatic carbocycles. The van der Waals surface area contributed by atoms with Crippen molar-refractivity contribution in [1.29, 1.82) is 5.41 Å². The number of H-pyrrole nitrogens is 1. The van der Waals surface area contributed by atoms with Crippen molar-refractivity contribution >= 4 is 33.9 Å². The molecule has 0 saturated carbocycles. The van der Waals surface area contributed by atoms with Crippen molar-refractivity contribution in [3.63, 3.8) is 0 Å². The second-order valence-corrected chi connectivity index (χ2v) is 4.35. The fourth-order valence-electron chi connectivity index (χ4n) is 2.17. The lowest BCUT2D eigenvalue weighted by Gasteiger charge is -2.14. The van der Waals surface area contributed by atoms with Gasteiger partial charge in [0.05, 0.1) is 5.39 Å². The molecule has 3 rings (SSSR count). The summed E-state index contributed by atoms with van der Waals surface area (Å²) in [5.41, 5.74) is 1.21. The fraction of sp³-hybridized carbons (Fsp3) is 0.182. The second-order valence-electron chi connectivity index (χ2n) is 3.91. The van der Waals surface area contributed by atoms with E-state index in [9.17, 15) is 4.79 Å². The molecule has 1 atom stereocenters. The molecule has 0 saturated heterocycles. The number of aromatic nitrogens is 2. The average molecular weight is 235 g/mol. The topological polar surface area (TPSA) is 60.6 Å². The lowest BCUT2D eigenvalue weighted by Crippen LogP contribution is -2.39. The standard InChI is InChI=1S/C11H8ClN3O/c1-15-3-2-5-4-14-9-6(5)10(15)7(12)8(13)11(9)16/h2-4,7,13H,1H3/p+1. The van der Waals surface area contributed by atoms with Crippen molar-refractivity contribution in [2.75, 3.05) is 0 Å². The summed E-state index contributed by atoms with van der Waals surface area (Å²) < 4.78 is 1.86. The van der Waals surface area contributed by atoms with Gasteiger partial charge in [-0.05, 0) is 0 Å². The highest BCUT2D eigenvalue weighted by Gasteiger charge is 2.38. The molecule has 80 valence electrons. The first-order chi connectivity index (χ1) is 7.61. The number of rotatable bonds is 0. The molecule has 2 heterocycles. The third-order valence-corrected chi connectivity index (χ3v) is 3.41. The van der Waals surface area contributed by atoms with Crippen LogP contribution in [0.25, 0.3) is 10.8 Å². The number of alkyl halides is 1. The van der Waals surface area contributed by atoms with E-state index in [4.69, 9.17) is 17.0 Å². The zero-order chi connectivity index (χ0) is 11.4. The number of nitrogens with zero attached hydrogens (tertiary/aromatic N) is 1. The zero-order valence-electron chi connectivity index (χ0n) is 8.54. The number of ketones is 1. The summed E-state index contributed by atoms with van der Waals surface area (Å²) in [6.07, 6.45) is 3.65. The summed E-state index contributed by atoms with van der Waals surface area (Å²) in [4.78, 5) is 14.8. The van der Waals surface area contributed by atoms with E-state index in [1.54, 1.807) is 6.20 Å². The van der Waals surface area contributed by atoms with Gasteiger partial charge in [-0.3, -0.25) is 10.2 Å². The van der Waals surface area contributed by atoms with Crippen LogP contribution in [0.5, 0.6) is 0 Å². The summed E-state index contributed by atoms with van der Waals surface area (Å²) in [6.45, 7) is 0. The number of carbonyl (C=O) groups excluding carboxylic acids is 1. The molecule has 0 spiro atoms. The van der Waals surface area contributed by atoms with Gasteiger partial charge in [-0.2, -0.15) is 0 Å². The number of halogens is 1. The molecule has 0 radical (unpaired) electrons. The highest BCUT2D eigenvalue weighted by atomic mass is 35.5. The number of aryl methyl sites for hydroxylation is 1. The van der Waals surface area contributed by atoms with Crippen molar-refractivity contribution < 1.29 is 9.36 Å². The van der Waals surface area contributed by atoms with E-state index in [2.05, 4.69) is 4.98 Å². The van der Waals surface area contributed by atoms with E-state index in [1.165, 1.54) is 0 Å². The molecule has 1 aliphatic rings. The van der Waals surface area contributed by atoms with Crippen molar-refractivity contribution in [2.45, 2.75) is 5.38 Å². The van der Waals surface area contributed by atoms with Gasteiger partial charge in [0, 0.05) is 17.6 Å². The maximum Gasteiger partial charge on any atom is 0.225 e. The zero-order valence-corrected chi connectivity index (χ0v) is 9.30. The van der Waals surface area contributed by atoms with Gasteiger partial charge in [0.1, 0.15) is 18.5 Å². The van der Waals surface area contributed by atoms with Crippen LogP contribution in [-0.2, 0) is 7.05 Å². The van der Waals surface area contributed by atoms with Crippen LogP contribution in [0, 0.1) is 5.41 Å². The van der Waals surface area contributed by atoms with Crippen molar-refractivity contribution in [3.8, 4) is 0 Å². The minimum Gasteiger partial charge on any atom is -0.357 e. The number of pyridine rings is 1. The average Bonchev–Trinajstić information content (AvgIpc) is 2.68. The van der Waals surface area contributed by atoms with Gasteiger partial charge in [-0.1, -0.05) is 0 Å². The minimum absolute atomic E-state index is 0.0697. The third-order valence-electron chi connectivity index (χ3n) is 2.99. The van der Waals surface area contributed by atoms with E-state index in [0.29, 0.717) is 5.69 Å². The SMILES string of the molecule is C[n+]1ccc2c[nH]c3c2c1C(Cl)C(=N)C3=O. The maximum atomic E-state index is 11.8. The van der Waals surface area contributed by atoms with Crippen LogP contribution in [0.2, 0.25) is 0 Å². The summed E-state index contributed by atoms with van der Waals surface area (Å²) in [5, 5.41) is 8.85. The molecule has 0 amide bonds. The summed E-state index contributed by atoms with van der Waals surface area (Å²) in [6, 6.07) is 1.92. The van der Waals surface area contributed by atoms with Crippen LogP contribution in [0.4, 0.5) is 0 Å². The lowest BCUT2D eigenvalue weighted by molar-refractivity contribution is -0.677. The number of Topliss-reactive ketones (excluding diaryl/α,β-unsaturated/α-hetero) is 1. The fourth-order valence-corrected chi connectivity index (χ4v) is 2.53. The number of aromatic amines is 1. The predicted octanol–water partition coefficient (Wildman–Crippen LogP) is 1.49. The lowest BCUT2D eigenvalue weighted by atomic mass is 9.95. The highest BCUT2D eigenvalue weighted by Crippen LogP contribution is 2.34. The molecular weight excluding hydrogens is 226 g/mol.